The van der Waals surface area contributed by atoms with Crippen LogP contribution in [0.15, 0.2) is 48.1 Å². The Labute approximate surface area is 168 Å². The Kier molecular flexibility index (Phi) is 4.79. The number of anilines is 2. The molecule has 0 saturated heterocycles. The second-order valence-corrected chi connectivity index (χ2v) is 6.77. The van der Waals surface area contributed by atoms with Crippen molar-refractivity contribution in [2.75, 3.05) is 17.7 Å². The first-order chi connectivity index (χ1) is 14.0. The summed E-state index contributed by atoms with van der Waals surface area (Å²) in [5.74, 6) is 0.940. The molecule has 1 atom stereocenters. The van der Waals surface area contributed by atoms with E-state index in [-0.39, 0.29) is 5.91 Å². The third kappa shape index (κ3) is 3.24. The summed E-state index contributed by atoms with van der Waals surface area (Å²) in [7, 11) is 1.57. The van der Waals surface area contributed by atoms with Crippen molar-refractivity contribution < 1.29 is 9.53 Å². The number of ether oxygens (including phenoxy) is 1. The van der Waals surface area contributed by atoms with Crippen LogP contribution in [0.2, 0.25) is 0 Å². The number of hydrogen-bond acceptors (Lipinski definition) is 6. The molecule has 0 saturated carbocycles. The van der Waals surface area contributed by atoms with Crippen molar-refractivity contribution >= 4 is 17.5 Å². The number of nitrogens with one attached hydrogen (secondary N) is 2. The number of rotatable bonds is 5. The molecule has 3 heterocycles. The van der Waals surface area contributed by atoms with E-state index >= 15 is 0 Å². The summed E-state index contributed by atoms with van der Waals surface area (Å²) >= 11 is 0. The van der Waals surface area contributed by atoms with Gasteiger partial charge in [0.2, 0.25) is 5.95 Å². The number of para-hydroxylation sites is 2. The standard InChI is InChI=1S/C20H23N7O2/c1-5-26-10-14(12(2)25-26)18-17(13(3)23-20-21-11-22-27(18)20)19(28)24-15-8-6-7-9-16(15)29-4/h6-11,18H,5H2,1-4H3,(H,24,28)(H,21,22,23)/t18-/m0/s1. The molecule has 1 aromatic carbocycles. The maximum atomic E-state index is 13.4. The number of aryl methyl sites for hydroxylation is 2. The molecular weight excluding hydrogens is 370 g/mol. The minimum absolute atomic E-state index is 0.241. The summed E-state index contributed by atoms with van der Waals surface area (Å²) in [4.78, 5) is 17.7. The molecule has 0 radical (unpaired) electrons. The van der Waals surface area contributed by atoms with Gasteiger partial charge in [-0.3, -0.25) is 9.48 Å². The summed E-state index contributed by atoms with van der Waals surface area (Å²) in [6.45, 7) is 6.56. The molecule has 29 heavy (non-hydrogen) atoms. The molecule has 3 aromatic rings. The van der Waals surface area contributed by atoms with Crippen LogP contribution in [0, 0.1) is 6.92 Å². The highest BCUT2D eigenvalue weighted by Gasteiger charge is 2.35. The number of carbonyl (C=O) groups excluding carboxylic acids is 1. The first-order valence-electron chi connectivity index (χ1n) is 9.39. The third-order valence-electron chi connectivity index (χ3n) is 5.00. The SMILES string of the molecule is CCn1cc([C@H]2C(C(=O)Nc3ccccc3OC)=C(C)Nc3ncnn32)c(C)n1. The number of aromatic nitrogens is 5. The molecule has 2 aromatic heterocycles. The number of amides is 1. The Bertz CT molecular complexity index is 1100. The maximum absolute atomic E-state index is 13.4. The van der Waals surface area contributed by atoms with Gasteiger partial charge in [-0.15, -0.1) is 0 Å². The first-order valence-corrected chi connectivity index (χ1v) is 9.39. The van der Waals surface area contributed by atoms with Gasteiger partial charge in [-0.1, -0.05) is 12.1 Å². The smallest absolute Gasteiger partial charge is 0.255 e. The fraction of sp³-hybridized carbons (Fsp3) is 0.300. The molecular formula is C20H23N7O2. The summed E-state index contributed by atoms with van der Waals surface area (Å²) in [5, 5.41) is 15.1. The number of nitrogens with zero attached hydrogens (tertiary/aromatic N) is 5. The van der Waals surface area contributed by atoms with Crippen LogP contribution in [-0.2, 0) is 11.3 Å². The van der Waals surface area contributed by atoms with Crippen LogP contribution in [0.25, 0.3) is 0 Å². The van der Waals surface area contributed by atoms with E-state index in [4.69, 9.17) is 4.74 Å². The molecule has 0 bridgehead atoms. The molecule has 9 nitrogen and oxygen atoms in total. The first kappa shape index (κ1) is 18.7. The number of hydrogen-bond donors (Lipinski definition) is 2. The zero-order valence-corrected chi connectivity index (χ0v) is 16.8. The van der Waals surface area contributed by atoms with E-state index in [2.05, 4.69) is 25.8 Å². The zero-order chi connectivity index (χ0) is 20.5. The second kappa shape index (κ2) is 7.42. The summed E-state index contributed by atoms with van der Waals surface area (Å²) < 4.78 is 8.94. The van der Waals surface area contributed by atoms with Crippen molar-refractivity contribution in [2.45, 2.75) is 33.4 Å². The predicted octanol–water partition coefficient (Wildman–Crippen LogP) is 2.74. The van der Waals surface area contributed by atoms with Gasteiger partial charge < -0.3 is 15.4 Å². The van der Waals surface area contributed by atoms with E-state index in [9.17, 15) is 4.79 Å². The largest absolute Gasteiger partial charge is 0.495 e. The Balaban J connectivity index is 1.78. The Hall–Kier alpha value is -3.62. The van der Waals surface area contributed by atoms with Gasteiger partial charge in [0.15, 0.2) is 0 Å². The van der Waals surface area contributed by atoms with E-state index in [1.54, 1.807) is 23.9 Å². The van der Waals surface area contributed by atoms with Gasteiger partial charge in [-0.05, 0) is 32.9 Å². The average Bonchev–Trinajstić information content (AvgIpc) is 3.33. The van der Waals surface area contributed by atoms with Crippen molar-refractivity contribution in [3.63, 3.8) is 0 Å². The van der Waals surface area contributed by atoms with Gasteiger partial charge in [0.05, 0.1) is 24.1 Å². The molecule has 1 aliphatic heterocycles. The topological polar surface area (TPSA) is 98.9 Å². The van der Waals surface area contributed by atoms with Gasteiger partial charge in [0, 0.05) is 24.0 Å². The van der Waals surface area contributed by atoms with E-state index in [0.29, 0.717) is 28.7 Å². The van der Waals surface area contributed by atoms with Gasteiger partial charge in [-0.2, -0.15) is 15.2 Å². The van der Waals surface area contributed by atoms with Crippen molar-refractivity contribution in [1.82, 2.24) is 24.5 Å². The van der Waals surface area contributed by atoms with Crippen molar-refractivity contribution in [2.24, 2.45) is 0 Å². The molecule has 150 valence electrons. The lowest BCUT2D eigenvalue weighted by atomic mass is 9.95. The minimum Gasteiger partial charge on any atom is -0.495 e. The highest BCUT2D eigenvalue weighted by atomic mass is 16.5. The monoisotopic (exact) mass is 393 g/mol. The quantitative estimate of drug-likeness (QED) is 0.692. The number of benzene rings is 1. The molecule has 0 fully saturated rings. The van der Waals surface area contributed by atoms with Gasteiger partial charge >= 0.3 is 0 Å². The third-order valence-corrected chi connectivity index (χ3v) is 5.00. The lowest BCUT2D eigenvalue weighted by Crippen LogP contribution is -2.31. The average molecular weight is 393 g/mol. The Morgan fingerprint density at radius 1 is 1.31 bits per heavy atom. The molecule has 9 heteroatoms. The molecule has 0 spiro atoms. The summed E-state index contributed by atoms with van der Waals surface area (Å²) in [6, 6.07) is 6.87. The number of carbonyl (C=O) groups is 1. The van der Waals surface area contributed by atoms with Crippen LogP contribution in [-0.4, -0.2) is 37.6 Å². The molecule has 4 rings (SSSR count). The van der Waals surface area contributed by atoms with E-state index in [1.807, 2.05) is 43.8 Å². The molecule has 2 N–H and O–H groups in total. The number of allylic oxidation sites excluding steroid dienone is 1. The predicted molar refractivity (Wildman–Crippen MR) is 109 cm³/mol. The maximum Gasteiger partial charge on any atom is 0.255 e. The van der Waals surface area contributed by atoms with Crippen molar-refractivity contribution in [3.05, 3.63) is 59.3 Å². The van der Waals surface area contributed by atoms with Crippen LogP contribution in [0.1, 0.15) is 31.1 Å². The van der Waals surface area contributed by atoms with Crippen LogP contribution in [0.4, 0.5) is 11.6 Å². The van der Waals surface area contributed by atoms with Gasteiger partial charge in [0.1, 0.15) is 18.1 Å². The minimum atomic E-state index is -0.441. The van der Waals surface area contributed by atoms with Crippen LogP contribution in [0.3, 0.4) is 0 Å². The van der Waals surface area contributed by atoms with Crippen LogP contribution < -0.4 is 15.4 Å². The van der Waals surface area contributed by atoms with Crippen molar-refractivity contribution in [3.8, 4) is 5.75 Å². The van der Waals surface area contributed by atoms with Crippen molar-refractivity contribution in [1.29, 1.82) is 0 Å². The highest BCUT2D eigenvalue weighted by molar-refractivity contribution is 6.06. The normalized spacial score (nSPS) is 15.7. The molecule has 0 unspecified atom stereocenters. The Morgan fingerprint density at radius 3 is 2.83 bits per heavy atom. The van der Waals surface area contributed by atoms with Crippen LogP contribution in [0.5, 0.6) is 5.75 Å². The fourth-order valence-electron chi connectivity index (χ4n) is 3.57. The highest BCUT2D eigenvalue weighted by Crippen LogP contribution is 2.36. The summed E-state index contributed by atoms with van der Waals surface area (Å²) in [6.07, 6.45) is 3.43. The molecule has 0 aliphatic carbocycles. The van der Waals surface area contributed by atoms with Gasteiger partial charge in [0.25, 0.3) is 5.91 Å². The lowest BCUT2D eigenvalue weighted by molar-refractivity contribution is -0.113. The Morgan fingerprint density at radius 2 is 2.10 bits per heavy atom. The molecule has 1 amide bonds. The summed E-state index contributed by atoms with van der Waals surface area (Å²) in [5.41, 5.74) is 3.61. The lowest BCUT2D eigenvalue weighted by Gasteiger charge is -2.28. The number of methoxy groups -OCH3 is 1. The van der Waals surface area contributed by atoms with E-state index in [1.165, 1.54) is 6.33 Å². The van der Waals surface area contributed by atoms with E-state index < -0.39 is 6.04 Å². The van der Waals surface area contributed by atoms with E-state index in [0.717, 1.165) is 17.8 Å². The molecule has 1 aliphatic rings. The number of fused-ring (bicyclic) bond motifs is 1. The zero-order valence-electron chi connectivity index (χ0n) is 16.8. The van der Waals surface area contributed by atoms with Crippen LogP contribution >= 0.6 is 0 Å². The second-order valence-electron chi connectivity index (χ2n) is 6.77. The van der Waals surface area contributed by atoms with Gasteiger partial charge in [-0.25, -0.2) is 4.68 Å². The fourth-order valence-corrected chi connectivity index (χ4v) is 3.57.